The second kappa shape index (κ2) is 7.65. The van der Waals surface area contributed by atoms with E-state index < -0.39 is 23.6 Å². The fraction of sp³-hybridized carbons (Fsp3) is 0.111. The van der Waals surface area contributed by atoms with E-state index in [2.05, 4.69) is 10.1 Å². The molecule has 0 bridgehead atoms. The molecule has 0 aliphatic carbocycles. The first-order valence-corrected chi connectivity index (χ1v) is 7.15. The minimum atomic E-state index is -4.67. The maximum Gasteiger partial charge on any atom is 0.417 e. The average molecular weight is 349 g/mol. The van der Waals surface area contributed by atoms with Gasteiger partial charge in [-0.15, -0.1) is 0 Å². The number of carbonyl (C=O) groups excluding carboxylic acids is 2. The van der Waals surface area contributed by atoms with E-state index in [0.29, 0.717) is 6.08 Å². The van der Waals surface area contributed by atoms with E-state index in [9.17, 15) is 22.8 Å². The first-order valence-electron chi connectivity index (χ1n) is 7.15. The van der Waals surface area contributed by atoms with Gasteiger partial charge >= 0.3 is 12.1 Å². The van der Waals surface area contributed by atoms with Gasteiger partial charge < -0.3 is 10.1 Å². The zero-order valence-corrected chi connectivity index (χ0v) is 13.1. The lowest BCUT2D eigenvalue weighted by molar-refractivity contribution is -0.112. The number of benzene rings is 2. The molecule has 7 heteroatoms. The number of amides is 1. The maximum absolute atomic E-state index is 13.2. The Morgan fingerprint density at radius 1 is 0.960 bits per heavy atom. The van der Waals surface area contributed by atoms with Crippen molar-refractivity contribution in [1.82, 2.24) is 0 Å². The number of esters is 1. The molecule has 0 aliphatic rings. The smallest absolute Gasteiger partial charge is 0.417 e. The molecule has 0 atom stereocenters. The fourth-order valence-corrected chi connectivity index (χ4v) is 2.06. The predicted octanol–water partition coefficient (Wildman–Crippen LogP) is 4.06. The Morgan fingerprint density at radius 3 is 2.08 bits per heavy atom. The molecular weight excluding hydrogens is 335 g/mol. The number of methoxy groups -OCH3 is 1. The van der Waals surface area contributed by atoms with Crippen molar-refractivity contribution in [3.05, 3.63) is 71.8 Å². The lowest BCUT2D eigenvalue weighted by Gasteiger charge is -2.12. The summed E-state index contributed by atoms with van der Waals surface area (Å²) in [6.45, 7) is 0. The summed E-state index contributed by atoms with van der Waals surface area (Å²) >= 11 is 0. The van der Waals surface area contributed by atoms with E-state index in [-0.39, 0.29) is 16.8 Å². The van der Waals surface area contributed by atoms with Crippen LogP contribution in [0.1, 0.15) is 15.9 Å². The molecule has 0 radical (unpaired) electrons. The van der Waals surface area contributed by atoms with Crippen molar-refractivity contribution in [1.29, 1.82) is 0 Å². The third kappa shape index (κ3) is 4.94. The molecule has 0 saturated carbocycles. The molecule has 2 aromatic carbocycles. The van der Waals surface area contributed by atoms with Crippen molar-refractivity contribution < 1.29 is 27.5 Å². The van der Waals surface area contributed by atoms with Crippen LogP contribution in [0.4, 0.5) is 18.9 Å². The second-order valence-electron chi connectivity index (χ2n) is 4.98. The van der Waals surface area contributed by atoms with Crippen LogP contribution in [0.2, 0.25) is 0 Å². The number of allylic oxidation sites excluding steroid dienone is 1. The molecule has 0 fully saturated rings. The lowest BCUT2D eigenvalue weighted by Crippen LogP contribution is -2.16. The molecule has 0 spiro atoms. The summed E-state index contributed by atoms with van der Waals surface area (Å²) in [7, 11) is 1.23. The Kier molecular flexibility index (Phi) is 5.59. The normalized spacial score (nSPS) is 11.8. The van der Waals surface area contributed by atoms with Gasteiger partial charge in [-0.25, -0.2) is 4.79 Å². The van der Waals surface area contributed by atoms with Gasteiger partial charge in [-0.05, 0) is 29.8 Å². The van der Waals surface area contributed by atoms with E-state index in [4.69, 9.17) is 0 Å². The van der Waals surface area contributed by atoms with Crippen LogP contribution in [0.3, 0.4) is 0 Å². The molecule has 4 nitrogen and oxygen atoms in total. The lowest BCUT2D eigenvalue weighted by atomic mass is 10.1. The summed E-state index contributed by atoms with van der Waals surface area (Å²) < 4.78 is 44.1. The molecule has 1 amide bonds. The van der Waals surface area contributed by atoms with Crippen molar-refractivity contribution >= 4 is 23.1 Å². The van der Waals surface area contributed by atoms with Crippen LogP contribution in [0.5, 0.6) is 0 Å². The molecule has 25 heavy (non-hydrogen) atoms. The number of nitrogens with one attached hydrogen (secondary N) is 1. The summed E-state index contributed by atoms with van der Waals surface area (Å²) in [5.74, 6) is -1.48. The number of halogens is 3. The van der Waals surface area contributed by atoms with E-state index >= 15 is 0 Å². The van der Waals surface area contributed by atoms with Gasteiger partial charge in [0.25, 0.3) is 0 Å². The number of alkyl halides is 3. The highest BCUT2D eigenvalue weighted by Gasteiger charge is 2.35. The van der Waals surface area contributed by atoms with Crippen LogP contribution < -0.4 is 5.32 Å². The monoisotopic (exact) mass is 349 g/mol. The molecule has 130 valence electrons. The standard InChI is InChI=1S/C18H14F3NO3/c1-25-17(24)13-7-9-14(10-8-13)22-16(23)11-15(18(19,20)21)12-5-3-2-4-6-12/h2-11H,1H3,(H,22,23)/b15-11-. The largest absolute Gasteiger partial charge is 0.465 e. The van der Waals surface area contributed by atoms with Gasteiger partial charge in [0.15, 0.2) is 0 Å². The predicted molar refractivity (Wildman–Crippen MR) is 86.9 cm³/mol. The molecule has 0 unspecified atom stereocenters. The van der Waals surface area contributed by atoms with E-state index in [1.807, 2.05) is 0 Å². The van der Waals surface area contributed by atoms with E-state index in [1.54, 1.807) is 6.07 Å². The maximum atomic E-state index is 13.2. The topological polar surface area (TPSA) is 55.4 Å². The summed E-state index contributed by atoms with van der Waals surface area (Å²) in [4.78, 5) is 23.3. The van der Waals surface area contributed by atoms with Crippen molar-refractivity contribution in [2.24, 2.45) is 0 Å². The molecule has 2 aromatic rings. The third-order valence-electron chi connectivity index (χ3n) is 3.24. The number of carbonyl (C=O) groups is 2. The van der Waals surface area contributed by atoms with Crippen molar-refractivity contribution in [3.8, 4) is 0 Å². The van der Waals surface area contributed by atoms with Crippen LogP contribution >= 0.6 is 0 Å². The van der Waals surface area contributed by atoms with Crippen molar-refractivity contribution in [3.63, 3.8) is 0 Å². The summed E-state index contributed by atoms with van der Waals surface area (Å²) in [6.07, 6.45) is -4.17. The molecule has 0 aliphatic heterocycles. The SMILES string of the molecule is COC(=O)c1ccc(NC(=O)/C=C(/c2ccccc2)C(F)(F)F)cc1. The van der Waals surface area contributed by atoms with Crippen molar-refractivity contribution in [2.45, 2.75) is 6.18 Å². The summed E-state index contributed by atoms with van der Waals surface area (Å²) in [5.41, 5.74) is -0.636. The minimum Gasteiger partial charge on any atom is -0.465 e. The molecule has 2 rings (SSSR count). The first-order chi connectivity index (χ1) is 11.8. The Morgan fingerprint density at radius 2 is 1.56 bits per heavy atom. The van der Waals surface area contributed by atoms with Gasteiger partial charge in [0.05, 0.1) is 18.2 Å². The third-order valence-corrected chi connectivity index (χ3v) is 3.24. The fourth-order valence-electron chi connectivity index (χ4n) is 2.06. The zero-order chi connectivity index (χ0) is 18.4. The van der Waals surface area contributed by atoms with Gasteiger partial charge in [0, 0.05) is 11.8 Å². The number of ether oxygens (including phenoxy) is 1. The Labute approximate surface area is 141 Å². The molecule has 0 aromatic heterocycles. The van der Waals surface area contributed by atoms with Crippen LogP contribution in [-0.2, 0) is 9.53 Å². The highest BCUT2D eigenvalue weighted by molar-refractivity contribution is 6.04. The Bertz CT molecular complexity index is 781. The van der Waals surface area contributed by atoms with Crippen LogP contribution in [0, 0.1) is 0 Å². The average Bonchev–Trinajstić information content (AvgIpc) is 2.59. The first kappa shape index (κ1) is 18.3. The summed E-state index contributed by atoms with van der Waals surface area (Å²) in [6, 6.07) is 12.6. The second-order valence-corrected chi connectivity index (χ2v) is 4.98. The Hall–Kier alpha value is -3.09. The number of hydrogen-bond acceptors (Lipinski definition) is 3. The number of anilines is 1. The minimum absolute atomic E-state index is 0.105. The quantitative estimate of drug-likeness (QED) is 0.669. The van der Waals surface area contributed by atoms with E-state index in [1.165, 1.54) is 55.6 Å². The van der Waals surface area contributed by atoms with Crippen LogP contribution in [0.15, 0.2) is 60.7 Å². The molecule has 0 saturated heterocycles. The van der Waals surface area contributed by atoms with E-state index in [0.717, 1.165) is 0 Å². The highest BCUT2D eigenvalue weighted by atomic mass is 19.4. The van der Waals surface area contributed by atoms with Gasteiger partial charge in [-0.3, -0.25) is 4.79 Å². The highest BCUT2D eigenvalue weighted by Crippen LogP contribution is 2.33. The zero-order valence-electron chi connectivity index (χ0n) is 13.1. The van der Waals surface area contributed by atoms with Gasteiger partial charge in [0.2, 0.25) is 5.91 Å². The molecule has 0 heterocycles. The summed E-state index contributed by atoms with van der Waals surface area (Å²) in [5, 5.41) is 2.33. The number of hydrogen-bond donors (Lipinski definition) is 1. The van der Waals surface area contributed by atoms with Gasteiger partial charge in [0.1, 0.15) is 0 Å². The van der Waals surface area contributed by atoms with Crippen molar-refractivity contribution in [2.75, 3.05) is 12.4 Å². The van der Waals surface area contributed by atoms with Gasteiger partial charge in [-0.2, -0.15) is 13.2 Å². The number of rotatable bonds is 4. The van der Waals surface area contributed by atoms with Crippen LogP contribution in [0.25, 0.3) is 5.57 Å². The van der Waals surface area contributed by atoms with Gasteiger partial charge in [-0.1, -0.05) is 30.3 Å². The molecule has 1 N–H and O–H groups in total. The molecular formula is C18H14F3NO3. The van der Waals surface area contributed by atoms with Crippen LogP contribution in [-0.4, -0.2) is 25.2 Å². The Balaban J connectivity index is 2.21.